The number of rotatable bonds is 5. The zero-order valence-corrected chi connectivity index (χ0v) is 15.1. The number of aryl methyl sites for hydroxylation is 2. The highest BCUT2D eigenvalue weighted by atomic mass is 19.1. The quantitative estimate of drug-likeness (QED) is 0.708. The zero-order chi connectivity index (χ0) is 18.8. The van der Waals surface area contributed by atoms with Crippen LogP contribution in [0.5, 0.6) is 0 Å². The van der Waals surface area contributed by atoms with Crippen LogP contribution in [0.2, 0.25) is 0 Å². The van der Waals surface area contributed by atoms with Gasteiger partial charge in [0, 0.05) is 30.2 Å². The number of imidazole rings is 1. The van der Waals surface area contributed by atoms with Gasteiger partial charge in [-0.15, -0.1) is 0 Å². The van der Waals surface area contributed by atoms with Gasteiger partial charge in [-0.05, 0) is 61.2 Å². The molecular formula is C20H22FN3O2. The first-order valence-corrected chi connectivity index (χ1v) is 8.55. The smallest absolute Gasteiger partial charge is 0.307 e. The lowest BCUT2D eigenvalue weighted by atomic mass is 9.94. The van der Waals surface area contributed by atoms with Gasteiger partial charge in [-0.25, -0.2) is 9.37 Å². The van der Waals surface area contributed by atoms with Gasteiger partial charge in [0.2, 0.25) is 0 Å². The van der Waals surface area contributed by atoms with Crippen LogP contribution in [0.1, 0.15) is 36.1 Å². The van der Waals surface area contributed by atoms with Crippen LogP contribution in [0, 0.1) is 19.7 Å². The van der Waals surface area contributed by atoms with Crippen molar-refractivity contribution >= 4 is 11.6 Å². The first-order chi connectivity index (χ1) is 12.4. The van der Waals surface area contributed by atoms with E-state index in [4.69, 9.17) is 10.5 Å². The molecule has 0 aliphatic rings. The number of esters is 1. The molecule has 2 N–H and O–H groups in total. The number of hydrogen-bond donors (Lipinski definition) is 1. The van der Waals surface area contributed by atoms with Crippen LogP contribution in [0.4, 0.5) is 4.39 Å². The van der Waals surface area contributed by atoms with E-state index in [0.717, 1.165) is 33.5 Å². The standard InChI is InChI=1S/C20H22FN3O2/c1-4-26-18(25)10-17(22)14-9-16(20-23-5-6-24(20)11-14)19-12(2)7-15(21)8-13(19)3/h5-9,11,17H,4,10,22H2,1-3H3. The number of nitrogens with two attached hydrogens (primary N) is 1. The summed E-state index contributed by atoms with van der Waals surface area (Å²) in [6.45, 7) is 5.83. The molecule has 0 spiro atoms. The molecule has 6 heteroatoms. The third-order valence-electron chi connectivity index (χ3n) is 4.40. The predicted molar refractivity (Wildman–Crippen MR) is 98.2 cm³/mol. The fourth-order valence-electron chi connectivity index (χ4n) is 3.29. The van der Waals surface area contributed by atoms with Crippen LogP contribution in [-0.2, 0) is 9.53 Å². The molecule has 1 aromatic carbocycles. The minimum Gasteiger partial charge on any atom is -0.466 e. The maximum absolute atomic E-state index is 13.7. The number of carbonyl (C=O) groups excluding carboxylic acids is 1. The van der Waals surface area contributed by atoms with Crippen LogP contribution in [0.3, 0.4) is 0 Å². The van der Waals surface area contributed by atoms with E-state index in [1.807, 2.05) is 36.7 Å². The van der Waals surface area contributed by atoms with Crippen LogP contribution in [-0.4, -0.2) is 22.0 Å². The molecule has 2 aromatic heterocycles. The highest BCUT2D eigenvalue weighted by molar-refractivity contribution is 5.82. The minimum atomic E-state index is -0.499. The second kappa shape index (κ2) is 7.25. The molecule has 0 radical (unpaired) electrons. The fourth-order valence-corrected chi connectivity index (χ4v) is 3.29. The molecular weight excluding hydrogens is 333 g/mol. The van der Waals surface area contributed by atoms with E-state index < -0.39 is 6.04 Å². The molecule has 26 heavy (non-hydrogen) atoms. The number of ether oxygens (including phenoxy) is 1. The molecule has 0 fully saturated rings. The lowest BCUT2D eigenvalue weighted by Crippen LogP contribution is -2.18. The summed E-state index contributed by atoms with van der Waals surface area (Å²) in [4.78, 5) is 16.2. The number of nitrogens with zero attached hydrogens (tertiary/aromatic N) is 2. The average molecular weight is 355 g/mol. The van der Waals surface area contributed by atoms with Gasteiger partial charge in [-0.2, -0.15) is 0 Å². The summed E-state index contributed by atoms with van der Waals surface area (Å²) < 4.78 is 20.6. The molecule has 0 aliphatic heterocycles. The molecule has 0 amide bonds. The summed E-state index contributed by atoms with van der Waals surface area (Å²) >= 11 is 0. The second-order valence-corrected chi connectivity index (χ2v) is 6.38. The van der Waals surface area contributed by atoms with Crippen LogP contribution in [0.15, 0.2) is 36.8 Å². The van der Waals surface area contributed by atoms with Crippen LogP contribution < -0.4 is 5.73 Å². The summed E-state index contributed by atoms with van der Waals surface area (Å²) in [5.74, 6) is -0.597. The number of carbonyl (C=O) groups is 1. The normalized spacial score (nSPS) is 12.3. The van der Waals surface area contributed by atoms with Crippen molar-refractivity contribution in [2.75, 3.05) is 6.61 Å². The molecule has 1 unspecified atom stereocenters. The van der Waals surface area contributed by atoms with E-state index in [9.17, 15) is 9.18 Å². The molecule has 3 aromatic rings. The lowest BCUT2D eigenvalue weighted by molar-refractivity contribution is -0.143. The topological polar surface area (TPSA) is 69.6 Å². The van der Waals surface area contributed by atoms with E-state index >= 15 is 0 Å². The molecule has 0 bridgehead atoms. The largest absolute Gasteiger partial charge is 0.466 e. The van der Waals surface area contributed by atoms with Crippen molar-refractivity contribution in [3.05, 3.63) is 59.3 Å². The van der Waals surface area contributed by atoms with Gasteiger partial charge in [0.1, 0.15) is 11.5 Å². The fraction of sp³-hybridized carbons (Fsp3) is 0.300. The first-order valence-electron chi connectivity index (χ1n) is 8.55. The molecule has 5 nitrogen and oxygen atoms in total. The van der Waals surface area contributed by atoms with Crippen molar-refractivity contribution in [1.82, 2.24) is 9.38 Å². The van der Waals surface area contributed by atoms with E-state index in [2.05, 4.69) is 4.98 Å². The first kappa shape index (κ1) is 18.1. The highest BCUT2D eigenvalue weighted by Gasteiger charge is 2.18. The number of aromatic nitrogens is 2. The van der Waals surface area contributed by atoms with Gasteiger partial charge in [0.25, 0.3) is 0 Å². The van der Waals surface area contributed by atoms with Gasteiger partial charge < -0.3 is 14.9 Å². The third kappa shape index (κ3) is 3.46. The lowest BCUT2D eigenvalue weighted by Gasteiger charge is -2.16. The van der Waals surface area contributed by atoms with E-state index in [0.29, 0.717) is 6.61 Å². The van der Waals surface area contributed by atoms with Crippen molar-refractivity contribution in [2.24, 2.45) is 5.73 Å². The van der Waals surface area contributed by atoms with Gasteiger partial charge in [-0.3, -0.25) is 4.79 Å². The van der Waals surface area contributed by atoms with E-state index in [-0.39, 0.29) is 18.2 Å². The van der Waals surface area contributed by atoms with Gasteiger partial charge in [0.05, 0.1) is 13.0 Å². The van der Waals surface area contributed by atoms with Crippen molar-refractivity contribution in [3.63, 3.8) is 0 Å². The van der Waals surface area contributed by atoms with Crippen molar-refractivity contribution in [3.8, 4) is 11.1 Å². The Bertz CT molecular complexity index is 942. The molecule has 136 valence electrons. The van der Waals surface area contributed by atoms with Crippen molar-refractivity contribution in [1.29, 1.82) is 0 Å². The highest BCUT2D eigenvalue weighted by Crippen LogP contribution is 2.33. The Morgan fingerprint density at radius 2 is 2.00 bits per heavy atom. The number of hydrogen-bond acceptors (Lipinski definition) is 4. The zero-order valence-electron chi connectivity index (χ0n) is 15.1. The Hall–Kier alpha value is -2.73. The number of pyridine rings is 1. The van der Waals surface area contributed by atoms with Gasteiger partial charge >= 0.3 is 5.97 Å². The Morgan fingerprint density at radius 1 is 1.31 bits per heavy atom. The summed E-state index contributed by atoms with van der Waals surface area (Å²) in [6.07, 6.45) is 5.49. The van der Waals surface area contributed by atoms with E-state index in [1.165, 1.54) is 12.1 Å². The van der Waals surface area contributed by atoms with Crippen LogP contribution in [0.25, 0.3) is 16.8 Å². The maximum Gasteiger partial charge on any atom is 0.307 e. The molecule has 0 saturated carbocycles. The molecule has 1 atom stereocenters. The Labute approximate surface area is 151 Å². The van der Waals surface area contributed by atoms with Gasteiger partial charge in [-0.1, -0.05) is 0 Å². The Kier molecular flexibility index (Phi) is 5.04. The Balaban J connectivity index is 2.12. The van der Waals surface area contributed by atoms with Gasteiger partial charge in [0.15, 0.2) is 0 Å². The third-order valence-corrected chi connectivity index (χ3v) is 4.40. The molecule has 3 rings (SSSR count). The molecule has 2 heterocycles. The average Bonchev–Trinajstić information content (AvgIpc) is 3.02. The number of halogens is 1. The predicted octanol–water partition coefficient (Wildman–Crippen LogP) is 3.71. The van der Waals surface area contributed by atoms with E-state index in [1.54, 1.807) is 13.1 Å². The minimum absolute atomic E-state index is 0.0921. The molecule has 0 aliphatic carbocycles. The number of fused-ring (bicyclic) bond motifs is 1. The maximum atomic E-state index is 13.7. The summed E-state index contributed by atoms with van der Waals surface area (Å²) in [7, 11) is 0. The van der Waals surface area contributed by atoms with Crippen molar-refractivity contribution < 1.29 is 13.9 Å². The summed E-state index contributed by atoms with van der Waals surface area (Å²) in [6, 6.07) is 4.44. The molecule has 0 saturated heterocycles. The van der Waals surface area contributed by atoms with Crippen molar-refractivity contribution in [2.45, 2.75) is 33.2 Å². The summed E-state index contributed by atoms with van der Waals surface area (Å²) in [5, 5.41) is 0. The summed E-state index contributed by atoms with van der Waals surface area (Å²) in [5.41, 5.74) is 11.2. The van der Waals surface area contributed by atoms with Crippen LogP contribution >= 0.6 is 0 Å². The second-order valence-electron chi connectivity index (χ2n) is 6.38. The Morgan fingerprint density at radius 3 is 2.65 bits per heavy atom. The number of benzene rings is 1. The SMILES string of the molecule is CCOC(=O)CC(N)c1cc(-c2c(C)cc(F)cc2C)c2nccn2c1. The monoisotopic (exact) mass is 355 g/mol.